The van der Waals surface area contributed by atoms with Crippen molar-refractivity contribution in [2.24, 2.45) is 0 Å². The predicted molar refractivity (Wildman–Crippen MR) is 132 cm³/mol. The van der Waals surface area contributed by atoms with Crippen LogP contribution in [0.5, 0.6) is 0 Å². The van der Waals surface area contributed by atoms with Gasteiger partial charge in [-0.2, -0.15) is 0 Å². The molecule has 4 rings (SSSR count). The number of ketones is 1. The van der Waals surface area contributed by atoms with Crippen molar-refractivity contribution in [3.63, 3.8) is 0 Å². The minimum atomic E-state index is -0.409. The maximum atomic E-state index is 13.2. The number of rotatable bonds is 7. The van der Waals surface area contributed by atoms with Crippen LogP contribution in [0, 0.1) is 6.92 Å². The van der Waals surface area contributed by atoms with E-state index in [4.69, 9.17) is 0 Å². The molecule has 3 aromatic carbocycles. The SMILES string of the molecule is Cc1ccc(NC(=O)c2ccccc2NC(=O)Cc2cccs2)c(C(=O)c2ccccc2)c1. The Balaban J connectivity index is 1.57. The number of thiophene rings is 1. The topological polar surface area (TPSA) is 75.3 Å². The van der Waals surface area contributed by atoms with Crippen LogP contribution in [0.3, 0.4) is 0 Å². The summed E-state index contributed by atoms with van der Waals surface area (Å²) >= 11 is 1.51. The molecule has 0 aliphatic heterocycles. The first-order valence-corrected chi connectivity index (χ1v) is 11.3. The van der Waals surface area contributed by atoms with Crippen LogP contribution in [0.4, 0.5) is 11.4 Å². The lowest BCUT2D eigenvalue weighted by Crippen LogP contribution is -2.20. The molecule has 1 aromatic heterocycles. The van der Waals surface area contributed by atoms with Crippen LogP contribution in [0.1, 0.15) is 36.7 Å². The van der Waals surface area contributed by atoms with E-state index in [9.17, 15) is 14.4 Å². The summed E-state index contributed by atoms with van der Waals surface area (Å²) in [4.78, 5) is 39.7. The molecule has 33 heavy (non-hydrogen) atoms. The normalized spacial score (nSPS) is 10.5. The first-order chi connectivity index (χ1) is 16.0. The minimum absolute atomic E-state index is 0.174. The van der Waals surface area contributed by atoms with E-state index in [-0.39, 0.29) is 18.1 Å². The molecule has 164 valence electrons. The Labute approximate surface area is 196 Å². The Hall–Kier alpha value is -4.03. The molecule has 0 aliphatic carbocycles. The van der Waals surface area contributed by atoms with Gasteiger partial charge in [-0.05, 0) is 42.6 Å². The highest BCUT2D eigenvalue weighted by Crippen LogP contribution is 2.24. The molecule has 0 fully saturated rings. The van der Waals surface area contributed by atoms with Gasteiger partial charge < -0.3 is 10.6 Å². The second kappa shape index (κ2) is 10.1. The first kappa shape index (κ1) is 22.2. The molecule has 0 aliphatic rings. The van der Waals surface area contributed by atoms with Crippen LogP contribution in [-0.4, -0.2) is 17.6 Å². The number of hydrogen-bond acceptors (Lipinski definition) is 4. The molecule has 1 heterocycles. The summed E-state index contributed by atoms with van der Waals surface area (Å²) in [6.07, 6.45) is 0.237. The van der Waals surface area contributed by atoms with E-state index in [1.165, 1.54) is 11.3 Å². The molecular formula is C27H22N2O3S. The van der Waals surface area contributed by atoms with Crippen LogP contribution in [0.15, 0.2) is 90.3 Å². The Morgan fingerprint density at radius 3 is 2.24 bits per heavy atom. The van der Waals surface area contributed by atoms with E-state index < -0.39 is 5.91 Å². The average molecular weight is 455 g/mol. The van der Waals surface area contributed by atoms with Gasteiger partial charge in [0.1, 0.15) is 0 Å². The summed E-state index contributed by atoms with van der Waals surface area (Å²) in [6.45, 7) is 1.89. The lowest BCUT2D eigenvalue weighted by Gasteiger charge is -2.14. The predicted octanol–water partition coefficient (Wildman–Crippen LogP) is 5.72. The fraction of sp³-hybridized carbons (Fsp3) is 0.0741. The summed E-state index contributed by atoms with van der Waals surface area (Å²) in [5, 5.41) is 7.60. The van der Waals surface area contributed by atoms with E-state index in [1.54, 1.807) is 60.7 Å². The highest BCUT2D eigenvalue weighted by atomic mass is 32.1. The number of para-hydroxylation sites is 1. The van der Waals surface area contributed by atoms with Crippen molar-refractivity contribution >= 4 is 40.3 Å². The zero-order valence-corrected chi connectivity index (χ0v) is 18.8. The van der Waals surface area contributed by atoms with Gasteiger partial charge in [0.2, 0.25) is 5.91 Å². The van der Waals surface area contributed by atoms with Crippen molar-refractivity contribution in [3.8, 4) is 0 Å². The van der Waals surface area contributed by atoms with Gasteiger partial charge >= 0.3 is 0 Å². The molecule has 0 spiro atoms. The van der Waals surface area contributed by atoms with E-state index in [0.717, 1.165) is 10.4 Å². The molecule has 2 amide bonds. The molecule has 0 atom stereocenters. The molecule has 0 bridgehead atoms. The average Bonchev–Trinajstić information content (AvgIpc) is 3.33. The van der Waals surface area contributed by atoms with Crippen molar-refractivity contribution in [2.45, 2.75) is 13.3 Å². The van der Waals surface area contributed by atoms with Crippen molar-refractivity contribution in [1.82, 2.24) is 0 Å². The number of carbonyl (C=O) groups excluding carboxylic acids is 3. The van der Waals surface area contributed by atoms with Gasteiger partial charge in [0.05, 0.1) is 23.4 Å². The van der Waals surface area contributed by atoms with Crippen molar-refractivity contribution in [2.75, 3.05) is 10.6 Å². The zero-order valence-electron chi connectivity index (χ0n) is 18.0. The molecule has 0 radical (unpaired) electrons. The minimum Gasteiger partial charge on any atom is -0.325 e. The van der Waals surface area contributed by atoms with Crippen LogP contribution < -0.4 is 10.6 Å². The summed E-state index contributed by atoms with van der Waals surface area (Å²) in [7, 11) is 0. The van der Waals surface area contributed by atoms with Crippen LogP contribution >= 0.6 is 11.3 Å². The van der Waals surface area contributed by atoms with Crippen molar-refractivity contribution in [1.29, 1.82) is 0 Å². The summed E-state index contributed by atoms with van der Waals surface area (Å²) in [5.74, 6) is -0.784. The molecule has 6 heteroatoms. The van der Waals surface area contributed by atoms with Gasteiger partial charge in [-0.25, -0.2) is 0 Å². The Morgan fingerprint density at radius 2 is 1.48 bits per heavy atom. The van der Waals surface area contributed by atoms with E-state index in [1.807, 2.05) is 36.6 Å². The number of amides is 2. The second-order valence-electron chi connectivity index (χ2n) is 7.55. The van der Waals surface area contributed by atoms with Crippen LogP contribution in [-0.2, 0) is 11.2 Å². The fourth-order valence-electron chi connectivity index (χ4n) is 3.45. The third-order valence-electron chi connectivity index (χ3n) is 5.06. The molecule has 0 saturated heterocycles. The second-order valence-corrected chi connectivity index (χ2v) is 8.58. The first-order valence-electron chi connectivity index (χ1n) is 10.4. The van der Waals surface area contributed by atoms with E-state index in [2.05, 4.69) is 10.6 Å². The Bertz CT molecular complexity index is 1300. The Morgan fingerprint density at radius 1 is 0.758 bits per heavy atom. The lowest BCUT2D eigenvalue weighted by atomic mass is 9.99. The van der Waals surface area contributed by atoms with E-state index in [0.29, 0.717) is 28.1 Å². The van der Waals surface area contributed by atoms with Gasteiger partial charge in [-0.3, -0.25) is 14.4 Å². The highest BCUT2D eigenvalue weighted by molar-refractivity contribution is 7.10. The lowest BCUT2D eigenvalue weighted by molar-refractivity contribution is -0.115. The Kier molecular flexibility index (Phi) is 6.76. The monoisotopic (exact) mass is 454 g/mol. The van der Waals surface area contributed by atoms with Gasteiger partial charge in [-0.1, -0.05) is 60.2 Å². The number of anilines is 2. The number of carbonyl (C=O) groups is 3. The van der Waals surface area contributed by atoms with Crippen LogP contribution in [0.2, 0.25) is 0 Å². The summed E-state index contributed by atoms with van der Waals surface area (Å²) < 4.78 is 0. The van der Waals surface area contributed by atoms with Crippen molar-refractivity contribution < 1.29 is 14.4 Å². The van der Waals surface area contributed by atoms with E-state index >= 15 is 0 Å². The summed E-state index contributed by atoms with van der Waals surface area (Å²) in [5.41, 5.74) is 3.01. The maximum Gasteiger partial charge on any atom is 0.257 e. The van der Waals surface area contributed by atoms with Gasteiger partial charge in [0.15, 0.2) is 5.78 Å². The fourth-order valence-corrected chi connectivity index (χ4v) is 4.15. The standard InChI is InChI=1S/C27H22N2O3S/c1-18-13-14-24(22(16-18)26(31)19-8-3-2-4-9-19)29-27(32)21-11-5-6-12-23(21)28-25(30)17-20-10-7-15-33-20/h2-16H,17H2,1H3,(H,28,30)(H,29,32). The van der Waals surface area contributed by atoms with Gasteiger partial charge in [0, 0.05) is 16.0 Å². The van der Waals surface area contributed by atoms with Gasteiger partial charge in [-0.15, -0.1) is 11.3 Å². The number of aryl methyl sites for hydroxylation is 1. The molecule has 5 nitrogen and oxygen atoms in total. The maximum absolute atomic E-state index is 13.2. The molecule has 0 unspecified atom stereocenters. The quantitative estimate of drug-likeness (QED) is 0.351. The summed E-state index contributed by atoms with van der Waals surface area (Å²) in [6, 6.07) is 24.9. The highest BCUT2D eigenvalue weighted by Gasteiger charge is 2.18. The third kappa shape index (κ3) is 5.42. The number of benzene rings is 3. The smallest absolute Gasteiger partial charge is 0.257 e. The molecule has 0 saturated carbocycles. The third-order valence-corrected chi connectivity index (χ3v) is 5.94. The molecular weight excluding hydrogens is 432 g/mol. The van der Waals surface area contributed by atoms with Gasteiger partial charge in [0.25, 0.3) is 5.91 Å². The largest absolute Gasteiger partial charge is 0.325 e. The number of nitrogens with one attached hydrogen (secondary N) is 2. The molecule has 2 N–H and O–H groups in total. The number of hydrogen-bond donors (Lipinski definition) is 2. The molecule has 4 aromatic rings. The van der Waals surface area contributed by atoms with Crippen LogP contribution in [0.25, 0.3) is 0 Å². The zero-order chi connectivity index (χ0) is 23.2. The van der Waals surface area contributed by atoms with Crippen molar-refractivity contribution in [3.05, 3.63) is 117 Å².